The fourth-order valence-corrected chi connectivity index (χ4v) is 3.70. The summed E-state index contributed by atoms with van der Waals surface area (Å²) in [6, 6.07) is 8.59. The Labute approximate surface area is 170 Å². The standard InChI is InChI=1S/C18H24N4OS.HI/c1-12-11-24-16(21-12)10-20-17(19-3)22-15-9-18(15,2)13-7-5-6-8-14(13)23-4;/h5-8,11,15H,9-10H2,1-4H3,(H2,19,20,22);1H. The molecule has 1 saturated carbocycles. The van der Waals surface area contributed by atoms with Crippen LogP contribution in [0.3, 0.4) is 0 Å². The number of methoxy groups -OCH3 is 1. The van der Waals surface area contributed by atoms with Gasteiger partial charge < -0.3 is 15.4 Å². The van der Waals surface area contributed by atoms with Crippen LogP contribution in [0.15, 0.2) is 34.6 Å². The number of benzene rings is 1. The number of hydrogen-bond donors (Lipinski definition) is 2. The Kier molecular flexibility index (Phi) is 6.67. The summed E-state index contributed by atoms with van der Waals surface area (Å²) in [5.41, 5.74) is 2.38. The van der Waals surface area contributed by atoms with Gasteiger partial charge in [0.25, 0.3) is 0 Å². The fraction of sp³-hybridized carbons (Fsp3) is 0.444. The number of nitrogens with one attached hydrogen (secondary N) is 2. The maximum absolute atomic E-state index is 5.52. The molecule has 3 rings (SSSR count). The number of thiazole rings is 1. The molecule has 136 valence electrons. The molecule has 0 radical (unpaired) electrons. The van der Waals surface area contributed by atoms with Crippen molar-refractivity contribution in [3.63, 3.8) is 0 Å². The zero-order valence-electron chi connectivity index (χ0n) is 15.0. The minimum Gasteiger partial charge on any atom is -0.496 e. The van der Waals surface area contributed by atoms with E-state index in [-0.39, 0.29) is 29.4 Å². The summed E-state index contributed by atoms with van der Waals surface area (Å²) >= 11 is 1.67. The highest BCUT2D eigenvalue weighted by molar-refractivity contribution is 14.0. The number of nitrogens with zero attached hydrogens (tertiary/aromatic N) is 2. The van der Waals surface area contributed by atoms with Crippen LogP contribution >= 0.6 is 35.3 Å². The van der Waals surface area contributed by atoms with Gasteiger partial charge in [-0.2, -0.15) is 0 Å². The lowest BCUT2D eigenvalue weighted by Crippen LogP contribution is -2.40. The van der Waals surface area contributed by atoms with Crippen molar-refractivity contribution >= 4 is 41.3 Å². The summed E-state index contributed by atoms with van der Waals surface area (Å²) in [6.45, 7) is 4.96. The van der Waals surface area contributed by atoms with Crippen LogP contribution < -0.4 is 15.4 Å². The highest BCUT2D eigenvalue weighted by Gasteiger charge is 2.53. The maximum atomic E-state index is 5.52. The van der Waals surface area contributed by atoms with Crippen molar-refractivity contribution in [1.29, 1.82) is 0 Å². The molecule has 2 aromatic rings. The van der Waals surface area contributed by atoms with Crippen LogP contribution in [0, 0.1) is 6.92 Å². The zero-order chi connectivity index (χ0) is 17.2. The summed E-state index contributed by atoms with van der Waals surface area (Å²) < 4.78 is 5.52. The average molecular weight is 472 g/mol. The van der Waals surface area contributed by atoms with Gasteiger partial charge in [0.2, 0.25) is 0 Å². The van der Waals surface area contributed by atoms with Gasteiger partial charge in [-0.15, -0.1) is 35.3 Å². The number of halogens is 1. The number of aromatic nitrogens is 1. The molecular weight excluding hydrogens is 447 g/mol. The lowest BCUT2D eigenvalue weighted by molar-refractivity contribution is 0.404. The molecule has 0 aliphatic heterocycles. The van der Waals surface area contributed by atoms with Gasteiger partial charge in [-0.05, 0) is 19.4 Å². The van der Waals surface area contributed by atoms with Crippen LogP contribution in [0.5, 0.6) is 5.75 Å². The Balaban J connectivity index is 0.00000225. The molecule has 1 aliphatic carbocycles. The van der Waals surface area contributed by atoms with E-state index in [9.17, 15) is 0 Å². The van der Waals surface area contributed by atoms with Crippen LogP contribution in [-0.2, 0) is 12.0 Å². The monoisotopic (exact) mass is 472 g/mol. The van der Waals surface area contributed by atoms with Crippen LogP contribution in [-0.4, -0.2) is 31.1 Å². The van der Waals surface area contributed by atoms with Gasteiger partial charge in [0.1, 0.15) is 10.8 Å². The van der Waals surface area contributed by atoms with E-state index in [1.165, 1.54) is 5.56 Å². The van der Waals surface area contributed by atoms with Gasteiger partial charge in [0.15, 0.2) is 5.96 Å². The lowest BCUT2D eigenvalue weighted by Gasteiger charge is -2.17. The Morgan fingerprint density at radius 1 is 1.44 bits per heavy atom. The molecule has 2 unspecified atom stereocenters. The van der Waals surface area contributed by atoms with Gasteiger partial charge in [-0.3, -0.25) is 4.99 Å². The summed E-state index contributed by atoms with van der Waals surface area (Å²) in [4.78, 5) is 8.80. The Bertz CT molecular complexity index is 748. The SMILES string of the molecule is CN=C(NCc1nc(C)cs1)NC1CC1(C)c1ccccc1OC.I. The molecule has 1 fully saturated rings. The van der Waals surface area contributed by atoms with E-state index < -0.39 is 0 Å². The predicted molar refractivity (Wildman–Crippen MR) is 114 cm³/mol. The second-order valence-electron chi connectivity index (χ2n) is 6.33. The van der Waals surface area contributed by atoms with Gasteiger partial charge >= 0.3 is 0 Å². The lowest BCUT2D eigenvalue weighted by atomic mass is 9.96. The molecule has 1 aromatic carbocycles. The first-order chi connectivity index (χ1) is 11.6. The van der Waals surface area contributed by atoms with Crippen LogP contribution in [0.25, 0.3) is 0 Å². The van der Waals surface area contributed by atoms with Crippen molar-refractivity contribution in [2.24, 2.45) is 4.99 Å². The first kappa shape index (κ1) is 20.0. The quantitative estimate of drug-likeness (QED) is 0.398. The second kappa shape index (κ2) is 8.35. The molecule has 7 heteroatoms. The number of hydrogen-bond acceptors (Lipinski definition) is 4. The van der Waals surface area contributed by atoms with Gasteiger partial charge in [0, 0.05) is 35.1 Å². The van der Waals surface area contributed by atoms with Crippen LogP contribution in [0.1, 0.15) is 29.6 Å². The molecule has 0 bridgehead atoms. The van der Waals surface area contributed by atoms with Crippen molar-refractivity contribution in [3.8, 4) is 5.75 Å². The van der Waals surface area contributed by atoms with Gasteiger partial charge in [-0.25, -0.2) is 4.98 Å². The fourth-order valence-electron chi connectivity index (χ4n) is 2.99. The summed E-state index contributed by atoms with van der Waals surface area (Å²) in [5.74, 6) is 1.76. The van der Waals surface area contributed by atoms with E-state index >= 15 is 0 Å². The second-order valence-corrected chi connectivity index (χ2v) is 7.27. The highest BCUT2D eigenvalue weighted by Crippen LogP contribution is 2.50. The van der Waals surface area contributed by atoms with E-state index in [4.69, 9.17) is 4.74 Å². The maximum Gasteiger partial charge on any atom is 0.191 e. The van der Waals surface area contributed by atoms with Crippen molar-refractivity contribution in [3.05, 3.63) is 45.9 Å². The molecule has 0 spiro atoms. The van der Waals surface area contributed by atoms with E-state index in [0.717, 1.165) is 28.8 Å². The average Bonchev–Trinajstić information content (AvgIpc) is 3.06. The molecule has 5 nitrogen and oxygen atoms in total. The molecule has 25 heavy (non-hydrogen) atoms. The number of aryl methyl sites for hydroxylation is 1. The third-order valence-electron chi connectivity index (χ3n) is 4.57. The van der Waals surface area contributed by atoms with Gasteiger partial charge in [0.05, 0.1) is 13.7 Å². The number of aliphatic imine (C=N–C) groups is 1. The van der Waals surface area contributed by atoms with E-state index in [0.29, 0.717) is 12.6 Å². The molecule has 2 atom stereocenters. The van der Waals surface area contributed by atoms with Crippen molar-refractivity contribution in [1.82, 2.24) is 15.6 Å². The number of rotatable bonds is 5. The smallest absolute Gasteiger partial charge is 0.191 e. The normalized spacial score (nSPS) is 22.1. The third-order valence-corrected chi connectivity index (χ3v) is 5.53. The van der Waals surface area contributed by atoms with E-state index in [2.05, 4.69) is 45.0 Å². The molecule has 1 heterocycles. The molecule has 2 N–H and O–H groups in total. The summed E-state index contributed by atoms with van der Waals surface area (Å²) in [6.07, 6.45) is 1.06. The Hall–Kier alpha value is -1.35. The van der Waals surface area contributed by atoms with Crippen molar-refractivity contribution in [2.45, 2.75) is 38.3 Å². The molecule has 1 aliphatic rings. The van der Waals surface area contributed by atoms with Crippen LogP contribution in [0.2, 0.25) is 0 Å². The molecule has 0 amide bonds. The minimum atomic E-state index is 0. The predicted octanol–water partition coefficient (Wildman–Crippen LogP) is 3.47. The minimum absolute atomic E-state index is 0. The first-order valence-electron chi connectivity index (χ1n) is 8.08. The van der Waals surface area contributed by atoms with Gasteiger partial charge in [-0.1, -0.05) is 25.1 Å². The zero-order valence-corrected chi connectivity index (χ0v) is 18.1. The Morgan fingerprint density at radius 3 is 2.84 bits per heavy atom. The number of para-hydroxylation sites is 1. The Morgan fingerprint density at radius 2 is 2.20 bits per heavy atom. The number of ether oxygens (including phenoxy) is 1. The summed E-state index contributed by atoms with van der Waals surface area (Å²) in [7, 11) is 3.52. The highest BCUT2D eigenvalue weighted by atomic mass is 127. The van der Waals surface area contributed by atoms with E-state index in [1.807, 2.05) is 19.1 Å². The van der Waals surface area contributed by atoms with Crippen LogP contribution in [0.4, 0.5) is 0 Å². The molecule has 1 aromatic heterocycles. The van der Waals surface area contributed by atoms with Crippen molar-refractivity contribution < 1.29 is 4.74 Å². The largest absolute Gasteiger partial charge is 0.496 e. The van der Waals surface area contributed by atoms with E-state index in [1.54, 1.807) is 25.5 Å². The number of guanidine groups is 1. The van der Waals surface area contributed by atoms with Crippen molar-refractivity contribution in [2.75, 3.05) is 14.2 Å². The third kappa shape index (κ3) is 4.44. The topological polar surface area (TPSA) is 58.5 Å². The first-order valence-corrected chi connectivity index (χ1v) is 8.96. The molecule has 0 saturated heterocycles. The summed E-state index contributed by atoms with van der Waals surface area (Å²) in [5, 5.41) is 9.99. The molecular formula is C18H25IN4OS.